The van der Waals surface area contributed by atoms with Gasteiger partial charge < -0.3 is 16.0 Å². The number of thioether (sulfide) groups is 1. The molecule has 0 aliphatic carbocycles. The van der Waals surface area contributed by atoms with Crippen molar-refractivity contribution >= 4 is 35.3 Å². The van der Waals surface area contributed by atoms with Crippen molar-refractivity contribution in [3.8, 4) is 0 Å². The maximum Gasteiger partial charge on any atom is 0.222 e. The predicted octanol–water partition coefficient (Wildman–Crippen LogP) is 1.03. The topological polar surface area (TPSA) is 118 Å². The van der Waals surface area contributed by atoms with Crippen molar-refractivity contribution < 1.29 is 14.4 Å². The first-order chi connectivity index (χ1) is 12.0. The molecule has 0 spiro atoms. The van der Waals surface area contributed by atoms with Crippen LogP contribution in [0, 0.1) is 5.92 Å². The van der Waals surface area contributed by atoms with Crippen LogP contribution in [0.15, 0.2) is 17.2 Å². The number of aromatic nitrogens is 2. The highest BCUT2D eigenvalue weighted by Crippen LogP contribution is 2.20. The van der Waals surface area contributed by atoms with Gasteiger partial charge in [-0.1, -0.05) is 0 Å². The van der Waals surface area contributed by atoms with Gasteiger partial charge in [-0.25, -0.2) is 0 Å². The lowest BCUT2D eigenvalue weighted by molar-refractivity contribution is -0.134. The van der Waals surface area contributed by atoms with Crippen molar-refractivity contribution in [2.45, 2.75) is 37.6 Å². The summed E-state index contributed by atoms with van der Waals surface area (Å²) in [7, 11) is 0. The molecule has 1 saturated heterocycles. The molecule has 0 radical (unpaired) electrons. The van der Waals surface area contributed by atoms with Crippen LogP contribution in [0.1, 0.15) is 32.6 Å². The molecule has 0 aromatic carbocycles. The quantitative estimate of drug-likeness (QED) is 0.550. The Morgan fingerprint density at radius 3 is 2.56 bits per heavy atom. The highest BCUT2D eigenvalue weighted by Gasteiger charge is 2.25. The number of primary amides is 1. The number of carbonyl (C=O) groups excluding carboxylic acids is 3. The van der Waals surface area contributed by atoms with Crippen LogP contribution in [0.3, 0.4) is 0 Å². The highest BCUT2D eigenvalue weighted by molar-refractivity contribution is 7.99. The van der Waals surface area contributed by atoms with Gasteiger partial charge in [0.2, 0.25) is 17.7 Å². The second-order valence-electron chi connectivity index (χ2n) is 5.95. The van der Waals surface area contributed by atoms with E-state index in [0.717, 1.165) is 17.2 Å². The third kappa shape index (κ3) is 6.33. The summed E-state index contributed by atoms with van der Waals surface area (Å²) in [5.74, 6) is 0.750. The maximum atomic E-state index is 12.2. The summed E-state index contributed by atoms with van der Waals surface area (Å²) in [6, 6.07) is 3.49. The molecule has 9 heteroatoms. The van der Waals surface area contributed by atoms with Crippen molar-refractivity contribution in [3.05, 3.63) is 12.1 Å². The average molecular weight is 365 g/mol. The number of hydrogen-bond donors (Lipinski definition) is 2. The normalized spacial score (nSPS) is 15.0. The molecule has 1 aromatic heterocycles. The van der Waals surface area contributed by atoms with Crippen molar-refractivity contribution in [1.82, 2.24) is 15.1 Å². The maximum absolute atomic E-state index is 12.2. The number of amides is 3. The largest absolute Gasteiger partial charge is 0.369 e. The van der Waals surface area contributed by atoms with Crippen molar-refractivity contribution in [2.75, 3.05) is 24.2 Å². The fourth-order valence-corrected chi connectivity index (χ4v) is 3.38. The number of nitrogens with zero attached hydrogens (tertiary/aromatic N) is 3. The Morgan fingerprint density at radius 1 is 1.28 bits per heavy atom. The van der Waals surface area contributed by atoms with Crippen LogP contribution in [-0.2, 0) is 14.4 Å². The van der Waals surface area contributed by atoms with Crippen LogP contribution in [0.25, 0.3) is 0 Å². The molecule has 0 bridgehead atoms. The standard InChI is InChI=1S/C16H23N5O3S/c1-11(22)18-13-4-5-14(20-19-13)25-10-2-3-15(23)21-8-6-12(7-9-21)16(17)24/h4-5,12H,2-3,6-10H2,1H3,(H2,17,24)(H,18,19,22). The van der Waals surface area contributed by atoms with Gasteiger partial charge in [0.25, 0.3) is 0 Å². The number of nitrogens with one attached hydrogen (secondary N) is 1. The van der Waals surface area contributed by atoms with Crippen LogP contribution in [0.2, 0.25) is 0 Å². The first-order valence-corrected chi connectivity index (χ1v) is 9.25. The summed E-state index contributed by atoms with van der Waals surface area (Å²) in [5.41, 5.74) is 5.30. The second kappa shape index (κ2) is 9.36. The zero-order valence-corrected chi connectivity index (χ0v) is 15.1. The molecule has 1 aliphatic rings. The number of likely N-dealkylation sites (tertiary alicyclic amines) is 1. The molecule has 3 N–H and O–H groups in total. The minimum Gasteiger partial charge on any atom is -0.369 e. The Morgan fingerprint density at radius 2 is 2.00 bits per heavy atom. The predicted molar refractivity (Wildman–Crippen MR) is 94.8 cm³/mol. The van der Waals surface area contributed by atoms with E-state index in [1.807, 2.05) is 4.90 Å². The van der Waals surface area contributed by atoms with Crippen LogP contribution < -0.4 is 11.1 Å². The lowest BCUT2D eigenvalue weighted by Crippen LogP contribution is -2.41. The van der Waals surface area contributed by atoms with Gasteiger partial charge >= 0.3 is 0 Å². The summed E-state index contributed by atoms with van der Waals surface area (Å²) in [5, 5.41) is 11.2. The van der Waals surface area contributed by atoms with Crippen molar-refractivity contribution in [3.63, 3.8) is 0 Å². The number of rotatable bonds is 7. The molecule has 1 aliphatic heterocycles. The van der Waals surface area contributed by atoms with Gasteiger partial charge in [-0.05, 0) is 31.4 Å². The van der Waals surface area contributed by atoms with E-state index in [4.69, 9.17) is 5.73 Å². The lowest BCUT2D eigenvalue weighted by atomic mass is 9.96. The van der Waals surface area contributed by atoms with E-state index in [9.17, 15) is 14.4 Å². The van der Waals surface area contributed by atoms with E-state index >= 15 is 0 Å². The summed E-state index contributed by atoms with van der Waals surface area (Å²) in [6.07, 6.45) is 2.54. The third-order valence-corrected chi connectivity index (χ3v) is 4.99. The molecule has 136 valence electrons. The molecular weight excluding hydrogens is 342 g/mol. The monoisotopic (exact) mass is 365 g/mol. The van der Waals surface area contributed by atoms with Gasteiger partial charge in [0.1, 0.15) is 5.03 Å². The first-order valence-electron chi connectivity index (χ1n) is 8.27. The van der Waals surface area contributed by atoms with Gasteiger partial charge in [-0.15, -0.1) is 22.0 Å². The van der Waals surface area contributed by atoms with Gasteiger partial charge in [0, 0.05) is 38.1 Å². The van der Waals surface area contributed by atoms with Crippen molar-refractivity contribution in [1.29, 1.82) is 0 Å². The highest BCUT2D eigenvalue weighted by atomic mass is 32.2. The summed E-state index contributed by atoms with van der Waals surface area (Å²) >= 11 is 1.52. The average Bonchev–Trinajstić information content (AvgIpc) is 2.59. The van der Waals surface area contributed by atoms with E-state index in [0.29, 0.717) is 38.2 Å². The van der Waals surface area contributed by atoms with Crippen LogP contribution >= 0.6 is 11.8 Å². The molecule has 1 aromatic rings. The molecular formula is C16H23N5O3S. The summed E-state index contributed by atoms with van der Waals surface area (Å²) in [6.45, 7) is 2.63. The Hall–Kier alpha value is -2.16. The smallest absolute Gasteiger partial charge is 0.222 e. The molecule has 0 atom stereocenters. The fraction of sp³-hybridized carbons (Fsp3) is 0.562. The molecule has 3 amide bonds. The van der Waals surface area contributed by atoms with Crippen LogP contribution in [-0.4, -0.2) is 51.7 Å². The Balaban J connectivity index is 1.65. The number of piperidine rings is 1. The van der Waals surface area contributed by atoms with Gasteiger partial charge in [-0.3, -0.25) is 14.4 Å². The van der Waals surface area contributed by atoms with E-state index in [1.165, 1.54) is 18.7 Å². The van der Waals surface area contributed by atoms with E-state index in [2.05, 4.69) is 15.5 Å². The number of anilines is 1. The molecule has 1 fully saturated rings. The van der Waals surface area contributed by atoms with E-state index in [-0.39, 0.29) is 23.6 Å². The molecule has 0 saturated carbocycles. The molecule has 8 nitrogen and oxygen atoms in total. The second-order valence-corrected chi connectivity index (χ2v) is 7.06. The summed E-state index contributed by atoms with van der Waals surface area (Å²) in [4.78, 5) is 36.0. The minimum atomic E-state index is -0.269. The van der Waals surface area contributed by atoms with Gasteiger partial charge in [-0.2, -0.15) is 0 Å². The zero-order chi connectivity index (χ0) is 18.2. The van der Waals surface area contributed by atoms with Gasteiger partial charge in [0.15, 0.2) is 5.82 Å². The Bertz CT molecular complexity index is 615. The number of hydrogen-bond acceptors (Lipinski definition) is 6. The SMILES string of the molecule is CC(=O)Nc1ccc(SCCCC(=O)N2CCC(C(N)=O)CC2)nn1. The summed E-state index contributed by atoms with van der Waals surface area (Å²) < 4.78 is 0. The fourth-order valence-electron chi connectivity index (χ4n) is 2.62. The van der Waals surface area contributed by atoms with Crippen LogP contribution in [0.5, 0.6) is 0 Å². The zero-order valence-electron chi connectivity index (χ0n) is 14.2. The molecule has 25 heavy (non-hydrogen) atoms. The Kier molecular flexibility index (Phi) is 7.17. The number of nitrogens with two attached hydrogens (primary N) is 1. The van der Waals surface area contributed by atoms with E-state index < -0.39 is 0 Å². The third-order valence-electron chi connectivity index (χ3n) is 3.98. The van der Waals surface area contributed by atoms with E-state index in [1.54, 1.807) is 12.1 Å². The first kappa shape index (κ1) is 19.2. The van der Waals surface area contributed by atoms with Crippen molar-refractivity contribution in [2.24, 2.45) is 11.7 Å². The molecule has 2 heterocycles. The van der Waals surface area contributed by atoms with Gasteiger partial charge in [0.05, 0.1) is 0 Å². The molecule has 2 rings (SSSR count). The van der Waals surface area contributed by atoms with Crippen LogP contribution in [0.4, 0.5) is 5.82 Å². The molecule has 0 unspecified atom stereocenters. The Labute approximate surface area is 150 Å². The lowest BCUT2D eigenvalue weighted by Gasteiger charge is -2.30. The number of carbonyl (C=O) groups is 3. The minimum absolute atomic E-state index is 0.0985.